The monoisotopic (exact) mass is 370 g/mol. The number of carbonyl (C=O) groups is 2. The highest BCUT2D eigenvalue weighted by Crippen LogP contribution is 2.28. The van der Waals surface area contributed by atoms with Crippen LogP contribution < -0.4 is 14.8 Å². The Morgan fingerprint density at radius 1 is 1.22 bits per heavy atom. The van der Waals surface area contributed by atoms with Gasteiger partial charge in [0.25, 0.3) is 0 Å². The SMILES string of the molecule is CCOC(=O)COc1ccc(CNC(=O)C=Cc2cccnc2)cc1OC. The van der Waals surface area contributed by atoms with Gasteiger partial charge in [0.2, 0.25) is 5.91 Å². The highest BCUT2D eigenvalue weighted by Gasteiger charge is 2.09. The average Bonchev–Trinajstić information content (AvgIpc) is 2.70. The summed E-state index contributed by atoms with van der Waals surface area (Å²) in [5.41, 5.74) is 1.68. The van der Waals surface area contributed by atoms with E-state index in [1.165, 1.54) is 13.2 Å². The Kier molecular flexibility index (Phi) is 7.84. The third-order valence-corrected chi connectivity index (χ3v) is 3.46. The predicted octanol–water partition coefficient (Wildman–Crippen LogP) is 2.36. The van der Waals surface area contributed by atoms with Crippen molar-refractivity contribution in [3.8, 4) is 11.5 Å². The molecule has 0 radical (unpaired) electrons. The van der Waals surface area contributed by atoms with Crippen molar-refractivity contribution in [2.75, 3.05) is 20.3 Å². The lowest BCUT2D eigenvalue weighted by Crippen LogP contribution is -2.20. The van der Waals surface area contributed by atoms with Crippen LogP contribution in [0.2, 0.25) is 0 Å². The molecule has 27 heavy (non-hydrogen) atoms. The van der Waals surface area contributed by atoms with Gasteiger partial charge in [-0.2, -0.15) is 0 Å². The summed E-state index contributed by atoms with van der Waals surface area (Å²) in [6.45, 7) is 2.16. The molecule has 7 heteroatoms. The van der Waals surface area contributed by atoms with E-state index in [4.69, 9.17) is 14.2 Å². The van der Waals surface area contributed by atoms with Crippen LogP contribution in [0.15, 0.2) is 48.8 Å². The normalized spacial score (nSPS) is 10.4. The average molecular weight is 370 g/mol. The van der Waals surface area contributed by atoms with E-state index in [1.807, 2.05) is 6.07 Å². The summed E-state index contributed by atoms with van der Waals surface area (Å²) < 4.78 is 15.5. The molecule has 7 nitrogen and oxygen atoms in total. The molecule has 1 heterocycles. The number of nitrogens with one attached hydrogen (secondary N) is 1. The first-order valence-corrected chi connectivity index (χ1v) is 8.43. The molecule has 0 aliphatic carbocycles. The number of rotatable bonds is 9. The maximum atomic E-state index is 11.9. The highest BCUT2D eigenvalue weighted by molar-refractivity contribution is 5.91. The molecule has 1 N–H and O–H groups in total. The second-order valence-electron chi connectivity index (χ2n) is 5.42. The smallest absolute Gasteiger partial charge is 0.344 e. The summed E-state index contributed by atoms with van der Waals surface area (Å²) in [6, 6.07) is 8.87. The molecular weight excluding hydrogens is 348 g/mol. The van der Waals surface area contributed by atoms with E-state index in [0.29, 0.717) is 24.7 Å². The second-order valence-corrected chi connectivity index (χ2v) is 5.42. The molecule has 1 aromatic carbocycles. The first-order valence-electron chi connectivity index (χ1n) is 8.43. The molecule has 0 aliphatic heterocycles. The molecule has 0 unspecified atom stereocenters. The molecule has 2 rings (SSSR count). The number of aromatic nitrogens is 1. The minimum absolute atomic E-state index is 0.195. The quantitative estimate of drug-likeness (QED) is 0.539. The third-order valence-electron chi connectivity index (χ3n) is 3.46. The van der Waals surface area contributed by atoms with Crippen LogP contribution in [0.4, 0.5) is 0 Å². The molecule has 1 amide bonds. The van der Waals surface area contributed by atoms with Gasteiger partial charge >= 0.3 is 5.97 Å². The summed E-state index contributed by atoms with van der Waals surface area (Å²) in [7, 11) is 1.51. The zero-order valence-corrected chi connectivity index (χ0v) is 15.3. The van der Waals surface area contributed by atoms with Gasteiger partial charge in [-0.1, -0.05) is 12.1 Å². The summed E-state index contributed by atoms with van der Waals surface area (Å²) in [6.07, 6.45) is 6.48. The van der Waals surface area contributed by atoms with E-state index in [-0.39, 0.29) is 12.5 Å². The molecule has 0 bridgehead atoms. The van der Waals surface area contributed by atoms with Gasteiger partial charge in [-0.3, -0.25) is 9.78 Å². The van der Waals surface area contributed by atoms with Crippen molar-refractivity contribution < 1.29 is 23.8 Å². The molecule has 0 spiro atoms. The second kappa shape index (κ2) is 10.6. The molecule has 142 valence electrons. The lowest BCUT2D eigenvalue weighted by atomic mass is 10.2. The van der Waals surface area contributed by atoms with Crippen LogP contribution in [0.5, 0.6) is 11.5 Å². The maximum Gasteiger partial charge on any atom is 0.344 e. The van der Waals surface area contributed by atoms with E-state index in [1.54, 1.807) is 49.7 Å². The van der Waals surface area contributed by atoms with E-state index in [9.17, 15) is 9.59 Å². The van der Waals surface area contributed by atoms with Crippen molar-refractivity contribution in [1.29, 1.82) is 0 Å². The van der Waals surface area contributed by atoms with E-state index < -0.39 is 5.97 Å². The van der Waals surface area contributed by atoms with E-state index in [2.05, 4.69) is 10.3 Å². The number of benzene rings is 1. The van der Waals surface area contributed by atoms with Crippen LogP contribution in [0.25, 0.3) is 6.08 Å². The molecule has 0 fully saturated rings. The molecule has 0 saturated heterocycles. The fourth-order valence-corrected chi connectivity index (χ4v) is 2.18. The number of hydrogen-bond acceptors (Lipinski definition) is 6. The summed E-state index contributed by atoms with van der Waals surface area (Å²) >= 11 is 0. The number of hydrogen-bond donors (Lipinski definition) is 1. The molecule has 2 aromatic rings. The molecule has 0 aliphatic rings. The van der Waals surface area contributed by atoms with Gasteiger partial charge in [0.15, 0.2) is 18.1 Å². The zero-order chi connectivity index (χ0) is 19.5. The van der Waals surface area contributed by atoms with Gasteiger partial charge in [0, 0.05) is 25.0 Å². The summed E-state index contributed by atoms with van der Waals surface area (Å²) in [4.78, 5) is 27.3. The number of carbonyl (C=O) groups excluding carboxylic acids is 2. The molecule has 0 atom stereocenters. The molecule has 0 saturated carbocycles. The lowest BCUT2D eigenvalue weighted by Gasteiger charge is -2.12. The maximum absolute atomic E-state index is 11.9. The Hall–Kier alpha value is -3.35. The van der Waals surface area contributed by atoms with Crippen molar-refractivity contribution in [2.24, 2.45) is 0 Å². The number of amides is 1. The first kappa shape index (κ1) is 20.0. The Bertz CT molecular complexity index is 790. The predicted molar refractivity (Wildman–Crippen MR) is 100 cm³/mol. The Morgan fingerprint density at radius 3 is 2.78 bits per heavy atom. The van der Waals surface area contributed by atoms with Gasteiger partial charge in [-0.25, -0.2) is 4.79 Å². The summed E-state index contributed by atoms with van der Waals surface area (Å²) in [5, 5.41) is 2.79. The Morgan fingerprint density at radius 2 is 2.07 bits per heavy atom. The lowest BCUT2D eigenvalue weighted by molar-refractivity contribution is -0.145. The van der Waals surface area contributed by atoms with Crippen LogP contribution in [0.3, 0.4) is 0 Å². The van der Waals surface area contributed by atoms with E-state index >= 15 is 0 Å². The van der Waals surface area contributed by atoms with Crippen molar-refractivity contribution in [2.45, 2.75) is 13.5 Å². The van der Waals surface area contributed by atoms with Gasteiger partial charge in [0.05, 0.1) is 13.7 Å². The van der Waals surface area contributed by atoms with Crippen molar-refractivity contribution in [1.82, 2.24) is 10.3 Å². The van der Waals surface area contributed by atoms with Crippen LogP contribution in [-0.4, -0.2) is 37.2 Å². The number of nitrogens with zero attached hydrogens (tertiary/aromatic N) is 1. The van der Waals surface area contributed by atoms with Crippen molar-refractivity contribution >= 4 is 18.0 Å². The first-order chi connectivity index (χ1) is 13.1. The van der Waals surface area contributed by atoms with Gasteiger partial charge < -0.3 is 19.5 Å². The Balaban J connectivity index is 1.90. The van der Waals surface area contributed by atoms with Crippen LogP contribution in [0.1, 0.15) is 18.1 Å². The number of ether oxygens (including phenoxy) is 3. The topological polar surface area (TPSA) is 86.8 Å². The van der Waals surface area contributed by atoms with Gasteiger partial charge in [-0.05, 0) is 42.3 Å². The number of methoxy groups -OCH3 is 1. The summed E-state index contributed by atoms with van der Waals surface area (Å²) in [5.74, 6) is 0.228. The van der Waals surface area contributed by atoms with Crippen molar-refractivity contribution in [3.63, 3.8) is 0 Å². The van der Waals surface area contributed by atoms with Crippen LogP contribution in [0, 0.1) is 0 Å². The fourth-order valence-electron chi connectivity index (χ4n) is 2.18. The van der Waals surface area contributed by atoms with Gasteiger partial charge in [0.1, 0.15) is 0 Å². The minimum atomic E-state index is -0.448. The Labute approximate surface area is 158 Å². The van der Waals surface area contributed by atoms with E-state index in [0.717, 1.165) is 11.1 Å². The minimum Gasteiger partial charge on any atom is -0.493 e. The molecule has 1 aromatic heterocycles. The van der Waals surface area contributed by atoms with Crippen LogP contribution in [-0.2, 0) is 20.9 Å². The zero-order valence-electron chi connectivity index (χ0n) is 15.3. The largest absolute Gasteiger partial charge is 0.493 e. The number of esters is 1. The van der Waals surface area contributed by atoms with Crippen molar-refractivity contribution in [3.05, 3.63) is 59.9 Å². The standard InChI is InChI=1S/C20H22N2O5/c1-3-26-20(24)14-27-17-8-6-16(11-18(17)25-2)13-22-19(23)9-7-15-5-4-10-21-12-15/h4-12H,3,13-14H2,1-2H3,(H,22,23). The molecular formula is C20H22N2O5. The van der Waals surface area contributed by atoms with Gasteiger partial charge in [-0.15, -0.1) is 0 Å². The fraction of sp³-hybridized carbons (Fsp3) is 0.250. The van der Waals surface area contributed by atoms with Crippen LogP contribution >= 0.6 is 0 Å². The number of pyridine rings is 1. The highest BCUT2D eigenvalue weighted by atomic mass is 16.6. The third kappa shape index (κ3) is 6.81.